The Labute approximate surface area is 176 Å². The molecular formula is C22H37NO5Si. The molecule has 0 N–H and O–H groups in total. The van der Waals surface area contributed by atoms with Crippen LogP contribution in [0.15, 0.2) is 30.4 Å². The number of ether oxygens (including phenoxy) is 4. The fraction of sp³-hybridized carbons (Fsp3) is 0.591. The molecule has 0 heterocycles. The predicted octanol–water partition coefficient (Wildman–Crippen LogP) is 5.21. The van der Waals surface area contributed by atoms with Gasteiger partial charge in [0.2, 0.25) is 0 Å². The van der Waals surface area contributed by atoms with Crippen molar-refractivity contribution in [3.63, 3.8) is 0 Å². The lowest BCUT2D eigenvalue weighted by Gasteiger charge is -2.26. The summed E-state index contributed by atoms with van der Waals surface area (Å²) in [5.74, 6) is 1.90. The van der Waals surface area contributed by atoms with Crippen molar-refractivity contribution in [2.75, 3.05) is 33.9 Å². The van der Waals surface area contributed by atoms with Crippen molar-refractivity contribution in [3.05, 3.63) is 30.4 Å². The van der Waals surface area contributed by atoms with Crippen LogP contribution < -0.4 is 14.2 Å². The second kappa shape index (κ2) is 11.1. The second-order valence-corrected chi connectivity index (χ2v) is 14.6. The van der Waals surface area contributed by atoms with Crippen LogP contribution in [0.5, 0.6) is 17.2 Å². The maximum Gasteiger partial charge on any atom is 0.410 e. The molecule has 0 aliphatic rings. The SMILES string of the molecule is COc1ccc(OCCN(C/C=C/C[Si](C)(C)C)C(=O)OC(C)(C)C)cc1OC. The van der Waals surface area contributed by atoms with Crippen LogP contribution in [0.3, 0.4) is 0 Å². The van der Waals surface area contributed by atoms with Crippen LogP contribution in [0, 0.1) is 0 Å². The van der Waals surface area contributed by atoms with Gasteiger partial charge in [-0.2, -0.15) is 0 Å². The summed E-state index contributed by atoms with van der Waals surface area (Å²) in [6.07, 6.45) is 3.86. The highest BCUT2D eigenvalue weighted by Gasteiger charge is 2.21. The summed E-state index contributed by atoms with van der Waals surface area (Å²) in [5, 5.41) is 0. The highest BCUT2D eigenvalue weighted by Crippen LogP contribution is 2.30. The van der Waals surface area contributed by atoms with Crippen LogP contribution in [-0.4, -0.2) is 58.6 Å². The predicted molar refractivity (Wildman–Crippen MR) is 120 cm³/mol. The molecule has 0 unspecified atom stereocenters. The van der Waals surface area contributed by atoms with Crippen LogP contribution in [0.25, 0.3) is 0 Å². The van der Waals surface area contributed by atoms with Crippen molar-refractivity contribution in [1.29, 1.82) is 0 Å². The zero-order chi connectivity index (χ0) is 22.1. The van der Waals surface area contributed by atoms with Gasteiger partial charge in [-0.05, 0) is 38.9 Å². The molecule has 164 valence electrons. The standard InChI is InChI=1S/C22H37NO5Si/c1-22(2,3)28-21(24)23(13-9-10-16-29(6,7)8)14-15-27-18-11-12-19(25-4)20(17-18)26-5/h9-12,17H,13-16H2,1-8H3/b10-9+. The minimum atomic E-state index is -1.15. The minimum Gasteiger partial charge on any atom is -0.493 e. The van der Waals surface area contributed by atoms with E-state index in [1.165, 1.54) is 0 Å². The Hall–Kier alpha value is -2.15. The first-order chi connectivity index (χ1) is 13.4. The lowest BCUT2D eigenvalue weighted by atomic mass is 10.2. The number of rotatable bonds is 10. The molecule has 0 bridgehead atoms. The second-order valence-electron chi connectivity index (χ2n) is 9.03. The van der Waals surface area contributed by atoms with E-state index < -0.39 is 13.7 Å². The van der Waals surface area contributed by atoms with E-state index >= 15 is 0 Å². The first kappa shape index (κ1) is 24.9. The van der Waals surface area contributed by atoms with Crippen molar-refractivity contribution >= 4 is 14.2 Å². The molecule has 1 aromatic rings. The number of methoxy groups -OCH3 is 2. The first-order valence-corrected chi connectivity index (χ1v) is 13.6. The van der Waals surface area contributed by atoms with Gasteiger partial charge in [0.1, 0.15) is 18.0 Å². The molecule has 0 saturated carbocycles. The Morgan fingerprint density at radius 3 is 2.28 bits per heavy atom. The van der Waals surface area contributed by atoms with Gasteiger partial charge in [-0.25, -0.2) is 4.79 Å². The number of allylic oxidation sites excluding steroid dienone is 1. The summed E-state index contributed by atoms with van der Waals surface area (Å²) in [6, 6.07) is 6.45. The third-order valence-electron chi connectivity index (χ3n) is 3.86. The van der Waals surface area contributed by atoms with Gasteiger partial charge >= 0.3 is 6.09 Å². The zero-order valence-corrected chi connectivity index (χ0v) is 20.2. The highest BCUT2D eigenvalue weighted by atomic mass is 28.3. The van der Waals surface area contributed by atoms with Crippen molar-refractivity contribution in [2.24, 2.45) is 0 Å². The third kappa shape index (κ3) is 10.3. The lowest BCUT2D eigenvalue weighted by Crippen LogP contribution is -2.39. The number of carbonyl (C=O) groups is 1. The molecule has 0 aliphatic carbocycles. The van der Waals surface area contributed by atoms with Gasteiger partial charge in [0.15, 0.2) is 11.5 Å². The molecule has 0 aliphatic heterocycles. The number of hydrogen-bond donors (Lipinski definition) is 0. The van der Waals surface area contributed by atoms with E-state index in [9.17, 15) is 4.79 Å². The molecule has 0 fully saturated rings. The lowest BCUT2D eigenvalue weighted by molar-refractivity contribution is 0.0249. The maximum atomic E-state index is 12.6. The number of nitrogens with zero attached hydrogens (tertiary/aromatic N) is 1. The van der Waals surface area contributed by atoms with Gasteiger partial charge < -0.3 is 23.8 Å². The number of amides is 1. The largest absolute Gasteiger partial charge is 0.493 e. The van der Waals surface area contributed by atoms with E-state index in [1.54, 1.807) is 31.3 Å². The Morgan fingerprint density at radius 1 is 1.07 bits per heavy atom. The van der Waals surface area contributed by atoms with Crippen molar-refractivity contribution in [1.82, 2.24) is 4.90 Å². The fourth-order valence-electron chi connectivity index (χ4n) is 2.40. The molecule has 0 radical (unpaired) electrons. The van der Waals surface area contributed by atoms with Crippen LogP contribution in [0.2, 0.25) is 25.7 Å². The molecule has 6 nitrogen and oxygen atoms in total. The molecule has 0 aromatic heterocycles. The van der Waals surface area contributed by atoms with E-state index in [0.29, 0.717) is 36.9 Å². The van der Waals surface area contributed by atoms with Crippen molar-refractivity contribution in [3.8, 4) is 17.2 Å². The van der Waals surface area contributed by atoms with Gasteiger partial charge in [0.05, 0.1) is 20.8 Å². The van der Waals surface area contributed by atoms with E-state index in [4.69, 9.17) is 18.9 Å². The van der Waals surface area contributed by atoms with E-state index in [2.05, 4.69) is 25.7 Å². The van der Waals surface area contributed by atoms with Crippen molar-refractivity contribution in [2.45, 2.75) is 52.1 Å². The molecule has 1 aromatic carbocycles. The third-order valence-corrected chi connectivity index (χ3v) is 5.32. The van der Waals surface area contributed by atoms with Crippen molar-refractivity contribution < 1.29 is 23.7 Å². The minimum absolute atomic E-state index is 0.342. The number of benzene rings is 1. The monoisotopic (exact) mass is 423 g/mol. The molecular weight excluding hydrogens is 386 g/mol. The Bertz CT molecular complexity index is 677. The van der Waals surface area contributed by atoms with E-state index in [0.717, 1.165) is 6.04 Å². The van der Waals surface area contributed by atoms with E-state index in [1.807, 2.05) is 32.9 Å². The molecule has 0 atom stereocenters. The molecule has 1 amide bonds. The van der Waals surface area contributed by atoms with Gasteiger partial charge in [0.25, 0.3) is 0 Å². The molecule has 1 rings (SSSR count). The molecule has 0 saturated heterocycles. The van der Waals surface area contributed by atoms with E-state index in [-0.39, 0.29) is 6.09 Å². The van der Waals surface area contributed by atoms with Gasteiger partial charge in [-0.15, -0.1) is 0 Å². The van der Waals surface area contributed by atoms with Gasteiger partial charge in [-0.3, -0.25) is 0 Å². The van der Waals surface area contributed by atoms with Gasteiger partial charge in [-0.1, -0.05) is 31.8 Å². The first-order valence-electron chi connectivity index (χ1n) is 9.93. The summed E-state index contributed by atoms with van der Waals surface area (Å²) in [5.41, 5.74) is -0.540. The smallest absolute Gasteiger partial charge is 0.410 e. The molecule has 7 heteroatoms. The van der Waals surface area contributed by atoms with Crippen LogP contribution in [0.1, 0.15) is 20.8 Å². The van der Waals surface area contributed by atoms with Crippen LogP contribution in [-0.2, 0) is 4.74 Å². The summed E-state index contributed by atoms with van der Waals surface area (Å²) in [7, 11) is 2.02. The Balaban J connectivity index is 2.72. The normalized spacial score (nSPS) is 12.0. The quantitative estimate of drug-likeness (QED) is 0.382. The molecule has 0 spiro atoms. The topological polar surface area (TPSA) is 57.2 Å². The summed E-state index contributed by atoms with van der Waals surface area (Å²) >= 11 is 0. The number of hydrogen-bond acceptors (Lipinski definition) is 5. The fourth-order valence-corrected chi connectivity index (χ4v) is 3.28. The summed E-state index contributed by atoms with van der Waals surface area (Å²) < 4.78 is 21.9. The van der Waals surface area contributed by atoms with Crippen LogP contribution >= 0.6 is 0 Å². The highest BCUT2D eigenvalue weighted by molar-refractivity contribution is 6.76. The molecule has 29 heavy (non-hydrogen) atoms. The summed E-state index contributed by atoms with van der Waals surface area (Å²) in [4.78, 5) is 14.2. The Kier molecular flexibility index (Phi) is 9.56. The van der Waals surface area contributed by atoms with Gasteiger partial charge in [0, 0.05) is 20.7 Å². The number of carbonyl (C=O) groups excluding carboxylic acids is 1. The zero-order valence-electron chi connectivity index (χ0n) is 19.2. The average Bonchev–Trinajstić information content (AvgIpc) is 2.61. The Morgan fingerprint density at radius 2 is 1.72 bits per heavy atom. The maximum absolute atomic E-state index is 12.6. The summed E-state index contributed by atoms with van der Waals surface area (Å²) in [6.45, 7) is 13.8. The average molecular weight is 424 g/mol. The van der Waals surface area contributed by atoms with Crippen LogP contribution in [0.4, 0.5) is 4.79 Å².